The smallest absolute Gasteiger partial charge is 0.435 e. The molecule has 0 saturated heterocycles. The number of amides is 2. The number of para-hydroxylation sites is 1. The van der Waals surface area contributed by atoms with Crippen LogP contribution in [0.4, 0.5) is 42.1 Å². The van der Waals surface area contributed by atoms with Gasteiger partial charge in [0.25, 0.3) is 11.8 Å². The van der Waals surface area contributed by atoms with E-state index < -0.39 is 39.9 Å². The van der Waals surface area contributed by atoms with Crippen LogP contribution in [0.2, 0.25) is 0 Å². The monoisotopic (exact) mass is 620 g/mol. The van der Waals surface area contributed by atoms with Crippen molar-refractivity contribution in [1.82, 2.24) is 0 Å². The maximum absolute atomic E-state index is 14.6. The van der Waals surface area contributed by atoms with E-state index in [0.717, 1.165) is 6.92 Å². The number of ether oxygens (including phenoxy) is 1. The van der Waals surface area contributed by atoms with Crippen molar-refractivity contribution in [2.45, 2.75) is 24.9 Å². The van der Waals surface area contributed by atoms with Gasteiger partial charge in [0.05, 0.1) is 24.0 Å². The quantitative estimate of drug-likeness (QED) is 0.289. The zero-order valence-electron chi connectivity index (χ0n) is 20.5. The van der Waals surface area contributed by atoms with E-state index in [0.29, 0.717) is 17.7 Å². The Labute approximate surface area is 226 Å². The molecule has 13 heteroatoms. The molecular weight excluding hydrogens is 601 g/mol. The summed E-state index contributed by atoms with van der Waals surface area (Å²) in [4.78, 5) is 27.3. The van der Waals surface area contributed by atoms with E-state index in [1.165, 1.54) is 37.3 Å². The summed E-state index contributed by atoms with van der Waals surface area (Å²) < 4.78 is 98.8. The minimum absolute atomic E-state index is 0.0240. The molecule has 0 atom stereocenters. The van der Waals surface area contributed by atoms with Crippen molar-refractivity contribution in [2.75, 3.05) is 24.4 Å². The first kappa shape index (κ1) is 29.9. The van der Waals surface area contributed by atoms with Gasteiger partial charge in [0, 0.05) is 22.6 Å². The van der Waals surface area contributed by atoms with Crippen molar-refractivity contribution in [3.05, 3.63) is 87.4 Å². The molecule has 0 heterocycles. The topological polar surface area (TPSA) is 58.6 Å². The molecule has 1 N–H and O–H groups in total. The third-order valence-corrected chi connectivity index (χ3v) is 6.46. The summed E-state index contributed by atoms with van der Waals surface area (Å²) in [5.41, 5.74) is -7.34. The van der Waals surface area contributed by atoms with Crippen LogP contribution in [-0.2, 0) is 5.67 Å². The molecule has 2 amide bonds. The Morgan fingerprint density at radius 3 is 2.00 bits per heavy atom. The maximum Gasteiger partial charge on any atom is 0.435 e. The van der Waals surface area contributed by atoms with Crippen LogP contribution in [0.5, 0.6) is 5.75 Å². The van der Waals surface area contributed by atoms with E-state index >= 15 is 0 Å². The maximum atomic E-state index is 14.6. The third-order valence-electron chi connectivity index (χ3n) is 5.83. The fraction of sp³-hybridized carbons (Fsp3) is 0.231. The molecular formula is C26H20BrF7N2O3. The number of anilines is 2. The van der Waals surface area contributed by atoms with Gasteiger partial charge < -0.3 is 15.0 Å². The first-order valence-corrected chi connectivity index (χ1v) is 11.8. The highest BCUT2D eigenvalue weighted by atomic mass is 79.9. The molecule has 0 aliphatic heterocycles. The van der Waals surface area contributed by atoms with Gasteiger partial charge in [-0.25, -0.2) is 4.39 Å². The number of carbonyl (C=O) groups excluding carboxylic acids is 2. The Kier molecular flexibility index (Phi) is 8.34. The minimum atomic E-state index is -6.29. The second-order valence-corrected chi connectivity index (χ2v) is 9.20. The number of halogens is 8. The summed E-state index contributed by atoms with van der Waals surface area (Å²) in [7, 11) is 2.71. The van der Waals surface area contributed by atoms with Crippen molar-refractivity contribution in [2.24, 2.45) is 0 Å². The van der Waals surface area contributed by atoms with Crippen LogP contribution in [-0.4, -0.2) is 38.3 Å². The van der Waals surface area contributed by atoms with Gasteiger partial charge in [0.15, 0.2) is 5.75 Å². The van der Waals surface area contributed by atoms with Gasteiger partial charge in [0.2, 0.25) is 0 Å². The van der Waals surface area contributed by atoms with Crippen molar-refractivity contribution >= 4 is 39.1 Å². The average molecular weight is 621 g/mol. The molecule has 5 nitrogen and oxygen atoms in total. The summed E-state index contributed by atoms with van der Waals surface area (Å²) in [5.74, 6) is -1.29. The van der Waals surface area contributed by atoms with Crippen LogP contribution in [0.15, 0.2) is 65.1 Å². The molecule has 39 heavy (non-hydrogen) atoms. The molecule has 0 bridgehead atoms. The van der Waals surface area contributed by atoms with E-state index in [4.69, 9.17) is 4.74 Å². The Bertz CT molecular complexity index is 1360. The zero-order valence-corrected chi connectivity index (χ0v) is 22.1. The number of rotatable bonds is 6. The van der Waals surface area contributed by atoms with Crippen molar-refractivity contribution < 1.29 is 45.1 Å². The number of nitrogens with zero attached hydrogens (tertiary/aromatic N) is 1. The molecule has 3 aromatic rings. The Balaban J connectivity index is 2.00. The lowest BCUT2D eigenvalue weighted by Gasteiger charge is -2.31. The van der Waals surface area contributed by atoms with Crippen LogP contribution in [0.25, 0.3) is 0 Å². The largest absolute Gasteiger partial charge is 0.494 e. The molecule has 0 spiro atoms. The van der Waals surface area contributed by atoms with Gasteiger partial charge in [-0.2, -0.15) is 26.3 Å². The van der Waals surface area contributed by atoms with Gasteiger partial charge in [-0.3, -0.25) is 9.59 Å². The first-order valence-electron chi connectivity index (χ1n) is 11.0. The van der Waals surface area contributed by atoms with Crippen LogP contribution < -0.4 is 15.0 Å². The van der Waals surface area contributed by atoms with E-state index in [9.17, 15) is 40.3 Å². The summed E-state index contributed by atoms with van der Waals surface area (Å²) in [6, 6.07) is 13.2. The van der Waals surface area contributed by atoms with Gasteiger partial charge in [-0.05, 0) is 58.7 Å². The highest BCUT2D eigenvalue weighted by molar-refractivity contribution is 9.10. The number of alkyl halides is 7. The number of nitrogens with one attached hydrogen (secondary N) is 1. The molecule has 3 rings (SSSR count). The lowest BCUT2D eigenvalue weighted by atomic mass is 9.92. The molecule has 0 aromatic heterocycles. The van der Waals surface area contributed by atoms with Crippen LogP contribution in [0, 0.1) is 6.92 Å². The van der Waals surface area contributed by atoms with Crippen molar-refractivity contribution in [3.63, 3.8) is 0 Å². The van der Waals surface area contributed by atoms with Gasteiger partial charge in [0.1, 0.15) is 0 Å². The zero-order chi connectivity index (χ0) is 29.3. The van der Waals surface area contributed by atoms with Crippen molar-refractivity contribution in [1.29, 1.82) is 0 Å². The van der Waals surface area contributed by atoms with E-state index in [1.54, 1.807) is 30.3 Å². The summed E-state index contributed by atoms with van der Waals surface area (Å²) in [5, 5.41) is 2.40. The van der Waals surface area contributed by atoms with Gasteiger partial charge >= 0.3 is 18.0 Å². The van der Waals surface area contributed by atoms with Gasteiger partial charge in [-0.1, -0.05) is 30.3 Å². The van der Waals surface area contributed by atoms with E-state index in [2.05, 4.69) is 21.2 Å². The number of aryl methyl sites for hydroxylation is 1. The van der Waals surface area contributed by atoms with Crippen LogP contribution >= 0.6 is 15.9 Å². The highest BCUT2D eigenvalue weighted by Gasteiger charge is 2.73. The van der Waals surface area contributed by atoms with Gasteiger partial charge in [-0.15, -0.1) is 0 Å². The molecule has 0 aliphatic carbocycles. The molecule has 0 aliphatic rings. The fourth-order valence-electron chi connectivity index (χ4n) is 3.84. The van der Waals surface area contributed by atoms with Crippen LogP contribution in [0.1, 0.15) is 31.8 Å². The molecule has 0 saturated carbocycles. The molecule has 3 aromatic carbocycles. The number of benzene rings is 3. The van der Waals surface area contributed by atoms with E-state index in [1.807, 2.05) is 0 Å². The van der Waals surface area contributed by atoms with Crippen molar-refractivity contribution in [3.8, 4) is 5.75 Å². The normalized spacial score (nSPS) is 12.2. The SMILES string of the molecule is COc1c(C(=O)Nc2c(C)cc(C(F)(C(F)(F)F)C(F)(F)F)cc2Br)cccc1N(C)C(=O)c1ccccc1. The van der Waals surface area contributed by atoms with E-state index in [-0.39, 0.29) is 28.3 Å². The number of carbonyl (C=O) groups is 2. The lowest BCUT2D eigenvalue weighted by molar-refractivity contribution is -0.348. The number of hydrogen-bond donors (Lipinski definition) is 1. The highest BCUT2D eigenvalue weighted by Crippen LogP contribution is 2.54. The average Bonchev–Trinajstić information content (AvgIpc) is 2.87. The molecule has 0 unspecified atom stereocenters. The molecule has 0 fully saturated rings. The predicted octanol–water partition coefficient (Wildman–Crippen LogP) is 7.58. The summed E-state index contributed by atoms with van der Waals surface area (Å²) >= 11 is 2.84. The Morgan fingerprint density at radius 2 is 1.49 bits per heavy atom. The fourth-order valence-corrected chi connectivity index (χ4v) is 4.49. The van der Waals surface area contributed by atoms with Crippen LogP contribution in [0.3, 0.4) is 0 Å². The Morgan fingerprint density at radius 1 is 0.897 bits per heavy atom. The summed E-state index contributed by atoms with van der Waals surface area (Å²) in [6.45, 7) is 1.11. The number of hydrogen-bond acceptors (Lipinski definition) is 3. The standard InChI is InChI=1S/C26H20BrF7N2O3/c1-14-12-16(24(28,25(29,30)31)26(32,33)34)13-18(27)20(14)35-22(37)17-10-7-11-19(21(17)39-3)36(2)23(38)15-8-5-4-6-9-15/h4-13H,1-3H3,(H,35,37). The molecule has 208 valence electrons. The first-order chi connectivity index (χ1) is 18.0. The second-order valence-electron chi connectivity index (χ2n) is 8.35. The third kappa shape index (κ3) is 5.58. The summed E-state index contributed by atoms with van der Waals surface area (Å²) in [6.07, 6.45) is -12.6. The Hall–Kier alpha value is -3.61. The number of methoxy groups -OCH3 is 1. The predicted molar refractivity (Wildman–Crippen MR) is 134 cm³/mol. The lowest BCUT2D eigenvalue weighted by Crippen LogP contribution is -2.50. The molecule has 0 radical (unpaired) electrons. The minimum Gasteiger partial charge on any atom is -0.494 e. The second kappa shape index (κ2) is 10.9.